The highest BCUT2D eigenvalue weighted by molar-refractivity contribution is 5.85. The number of hydrogen-bond donors (Lipinski definition) is 2. The molecule has 4 rings (SSSR count). The van der Waals surface area contributed by atoms with E-state index < -0.39 is 23.5 Å². The number of hydrogen-bond acceptors (Lipinski definition) is 8. The van der Waals surface area contributed by atoms with Crippen molar-refractivity contribution in [3.05, 3.63) is 119 Å². The molecule has 0 unspecified atom stereocenters. The van der Waals surface area contributed by atoms with Crippen molar-refractivity contribution < 1.29 is 38.7 Å². The molecule has 0 spiro atoms. The van der Waals surface area contributed by atoms with Crippen molar-refractivity contribution in [2.24, 2.45) is 0 Å². The summed E-state index contributed by atoms with van der Waals surface area (Å²) in [4.78, 5) is 23.1. The predicted octanol–water partition coefficient (Wildman–Crippen LogP) is 6.52. The molecule has 1 aliphatic rings. The van der Waals surface area contributed by atoms with E-state index in [4.69, 9.17) is 18.9 Å². The highest BCUT2D eigenvalue weighted by Gasteiger charge is 2.41. The first-order valence-electron chi connectivity index (χ1n) is 14.5. The predicted molar refractivity (Wildman–Crippen MR) is 162 cm³/mol. The first kappa shape index (κ1) is 31.2. The highest BCUT2D eigenvalue weighted by atomic mass is 16.6. The van der Waals surface area contributed by atoms with Gasteiger partial charge in [0.25, 0.3) is 0 Å². The largest absolute Gasteiger partial charge is 0.502 e. The molecule has 0 aromatic heterocycles. The zero-order valence-corrected chi connectivity index (χ0v) is 24.6. The molecule has 226 valence electrons. The first-order valence-corrected chi connectivity index (χ1v) is 14.5. The van der Waals surface area contributed by atoms with Crippen LogP contribution < -0.4 is 9.47 Å². The van der Waals surface area contributed by atoms with E-state index in [-0.39, 0.29) is 18.6 Å². The summed E-state index contributed by atoms with van der Waals surface area (Å²) in [6.45, 7) is 4.19. The van der Waals surface area contributed by atoms with Gasteiger partial charge in [0.05, 0.1) is 26.4 Å². The number of benzene rings is 3. The second kappa shape index (κ2) is 15.0. The van der Waals surface area contributed by atoms with Crippen LogP contribution in [0, 0.1) is 0 Å². The number of aryl methyl sites for hydroxylation is 1. The second-order valence-corrected chi connectivity index (χ2v) is 10.1. The normalized spacial score (nSPS) is 16.3. The fourth-order valence-electron chi connectivity index (χ4n) is 5.26. The zero-order valence-electron chi connectivity index (χ0n) is 24.6. The number of aliphatic hydroxyl groups is 2. The molecule has 1 aliphatic carbocycles. The Labute approximate surface area is 252 Å². The molecule has 0 atom stereocenters. The van der Waals surface area contributed by atoms with Gasteiger partial charge in [-0.05, 0) is 85.4 Å². The number of carbonyl (C=O) groups excluding carboxylic acids is 2. The Bertz CT molecular complexity index is 1350. The van der Waals surface area contributed by atoms with Gasteiger partial charge in [-0.1, -0.05) is 48.5 Å². The van der Waals surface area contributed by atoms with Crippen LogP contribution in [-0.2, 0) is 30.9 Å². The maximum absolute atomic E-state index is 11.5. The third kappa shape index (κ3) is 7.57. The van der Waals surface area contributed by atoms with Crippen molar-refractivity contribution in [3.8, 4) is 11.5 Å². The number of ether oxygens (including phenoxy) is 4. The third-order valence-electron chi connectivity index (χ3n) is 7.49. The smallest absolute Gasteiger partial charge is 0.373 e. The van der Waals surface area contributed by atoms with Crippen LogP contribution in [0.15, 0.2) is 96.5 Å². The minimum Gasteiger partial charge on any atom is -0.502 e. The van der Waals surface area contributed by atoms with E-state index in [1.807, 2.05) is 24.3 Å². The quantitative estimate of drug-likeness (QED) is 0.0951. The standard InChI is InChI=1S/C35H38O8/c1-3-31(36)33(38)42-23-7-21-40-28-15-11-26(12-16-28)35(20-19-25-9-5-6-10-30(25)35)27-13-17-29(18-14-27)41-22-8-24-43-34(39)32(37)4-2/h3-6,9-18,36-37H,7-8,19-24H2,1-2H3. The first-order chi connectivity index (χ1) is 20.9. The molecule has 0 aliphatic heterocycles. The summed E-state index contributed by atoms with van der Waals surface area (Å²) in [6.07, 6.45) is 5.49. The second-order valence-electron chi connectivity index (χ2n) is 10.1. The minimum absolute atomic E-state index is 0.156. The lowest BCUT2D eigenvalue weighted by molar-refractivity contribution is -0.143. The van der Waals surface area contributed by atoms with Gasteiger partial charge in [-0.25, -0.2) is 9.59 Å². The van der Waals surface area contributed by atoms with Gasteiger partial charge in [0.2, 0.25) is 0 Å². The average molecular weight is 587 g/mol. The van der Waals surface area contributed by atoms with E-state index >= 15 is 0 Å². The SMILES string of the molecule is CC=C(O)C(=O)OCCCOc1ccc(C2(c3ccc(OCCCOC(=O)C(O)=CC)cc3)CCc3ccccc32)cc1. The molecule has 0 fully saturated rings. The van der Waals surface area contributed by atoms with Crippen molar-refractivity contribution in [3.63, 3.8) is 0 Å². The summed E-state index contributed by atoms with van der Waals surface area (Å²) in [5, 5.41) is 18.7. The number of rotatable bonds is 14. The van der Waals surface area contributed by atoms with E-state index in [0.717, 1.165) is 24.3 Å². The molecule has 0 saturated carbocycles. The van der Waals surface area contributed by atoms with Gasteiger partial charge in [0.1, 0.15) is 11.5 Å². The van der Waals surface area contributed by atoms with E-state index in [9.17, 15) is 19.8 Å². The molecule has 0 bridgehead atoms. The van der Waals surface area contributed by atoms with Crippen LogP contribution in [0.25, 0.3) is 0 Å². The molecular weight excluding hydrogens is 548 g/mol. The molecule has 3 aromatic rings. The molecule has 43 heavy (non-hydrogen) atoms. The van der Waals surface area contributed by atoms with Crippen molar-refractivity contribution in [1.82, 2.24) is 0 Å². The van der Waals surface area contributed by atoms with Gasteiger partial charge >= 0.3 is 11.9 Å². The fraction of sp³-hybridized carbons (Fsp3) is 0.314. The van der Waals surface area contributed by atoms with Crippen molar-refractivity contribution in [1.29, 1.82) is 0 Å². The number of aliphatic hydroxyl groups excluding tert-OH is 2. The third-order valence-corrected chi connectivity index (χ3v) is 7.49. The fourth-order valence-corrected chi connectivity index (χ4v) is 5.26. The van der Waals surface area contributed by atoms with Crippen LogP contribution in [0.4, 0.5) is 0 Å². The minimum atomic E-state index is -0.738. The number of fused-ring (bicyclic) bond motifs is 1. The van der Waals surface area contributed by atoms with Crippen LogP contribution in [0.5, 0.6) is 11.5 Å². The molecule has 3 aromatic carbocycles. The number of allylic oxidation sites excluding steroid dienone is 2. The van der Waals surface area contributed by atoms with Crippen LogP contribution >= 0.6 is 0 Å². The molecule has 2 N–H and O–H groups in total. The summed E-state index contributed by atoms with van der Waals surface area (Å²) >= 11 is 0. The lowest BCUT2D eigenvalue weighted by Gasteiger charge is -2.32. The van der Waals surface area contributed by atoms with Crippen molar-refractivity contribution >= 4 is 11.9 Å². The maximum atomic E-state index is 11.5. The Morgan fingerprint density at radius 2 is 1.16 bits per heavy atom. The van der Waals surface area contributed by atoms with E-state index in [0.29, 0.717) is 26.1 Å². The molecule has 0 heterocycles. The Morgan fingerprint density at radius 3 is 1.63 bits per heavy atom. The molecular formula is C35H38O8. The average Bonchev–Trinajstić information content (AvgIpc) is 3.44. The molecule has 0 saturated heterocycles. The summed E-state index contributed by atoms with van der Waals surface area (Å²) in [5.41, 5.74) is 4.63. The van der Waals surface area contributed by atoms with Gasteiger partial charge in [-0.15, -0.1) is 0 Å². The van der Waals surface area contributed by atoms with Crippen molar-refractivity contribution in [2.75, 3.05) is 26.4 Å². The summed E-state index contributed by atoms with van der Waals surface area (Å²) in [5.74, 6) is -0.824. The molecule has 0 amide bonds. The Morgan fingerprint density at radius 1 is 0.698 bits per heavy atom. The van der Waals surface area contributed by atoms with E-state index in [2.05, 4.69) is 48.5 Å². The zero-order chi connectivity index (χ0) is 30.7. The van der Waals surface area contributed by atoms with E-state index in [1.54, 1.807) is 13.8 Å². The van der Waals surface area contributed by atoms with E-state index in [1.165, 1.54) is 34.4 Å². The maximum Gasteiger partial charge on any atom is 0.373 e. The van der Waals surface area contributed by atoms with Crippen molar-refractivity contribution in [2.45, 2.75) is 44.9 Å². The topological polar surface area (TPSA) is 112 Å². The van der Waals surface area contributed by atoms with Crippen LogP contribution in [-0.4, -0.2) is 48.6 Å². The van der Waals surface area contributed by atoms with Gasteiger partial charge in [-0.2, -0.15) is 0 Å². The van der Waals surface area contributed by atoms with Gasteiger partial charge in [0.15, 0.2) is 11.5 Å². The van der Waals surface area contributed by atoms with Gasteiger partial charge in [0, 0.05) is 18.3 Å². The lowest BCUT2D eigenvalue weighted by atomic mass is 9.70. The van der Waals surface area contributed by atoms with Crippen LogP contribution in [0.1, 0.15) is 55.4 Å². The molecule has 8 heteroatoms. The summed E-state index contributed by atoms with van der Waals surface area (Å²) < 4.78 is 21.8. The molecule has 0 radical (unpaired) electrons. The number of carbonyl (C=O) groups is 2. The molecule has 8 nitrogen and oxygen atoms in total. The Balaban J connectivity index is 1.41. The summed E-state index contributed by atoms with van der Waals surface area (Å²) in [7, 11) is 0. The van der Waals surface area contributed by atoms with Crippen LogP contribution in [0.2, 0.25) is 0 Å². The van der Waals surface area contributed by atoms with Gasteiger partial charge < -0.3 is 29.2 Å². The van der Waals surface area contributed by atoms with Crippen LogP contribution in [0.3, 0.4) is 0 Å². The highest BCUT2D eigenvalue weighted by Crippen LogP contribution is 2.49. The Kier molecular flexibility index (Phi) is 10.9. The number of esters is 2. The monoisotopic (exact) mass is 586 g/mol. The Hall–Kier alpha value is -4.72. The summed E-state index contributed by atoms with van der Waals surface area (Å²) in [6, 6.07) is 24.9. The van der Waals surface area contributed by atoms with Gasteiger partial charge in [-0.3, -0.25) is 0 Å². The lowest BCUT2D eigenvalue weighted by Crippen LogP contribution is -2.26.